The molecular formula is C26H20N2O2S2. The predicted octanol–water partition coefficient (Wildman–Crippen LogP) is 5.63. The average molecular weight is 457 g/mol. The first-order chi connectivity index (χ1) is 15.5. The highest BCUT2D eigenvalue weighted by Crippen LogP contribution is 2.46. The van der Waals surface area contributed by atoms with Crippen LogP contribution >= 0.6 is 24.0 Å². The molecule has 0 unspecified atom stereocenters. The van der Waals surface area contributed by atoms with Gasteiger partial charge in [0.1, 0.15) is 0 Å². The summed E-state index contributed by atoms with van der Waals surface area (Å²) in [6.45, 7) is 4.43. The van der Waals surface area contributed by atoms with Crippen LogP contribution in [0, 0.1) is 13.8 Å². The molecule has 2 aliphatic rings. The Morgan fingerprint density at radius 1 is 0.812 bits per heavy atom. The summed E-state index contributed by atoms with van der Waals surface area (Å²) in [5.41, 5.74) is 5.90. The number of amides is 2. The van der Waals surface area contributed by atoms with Gasteiger partial charge in [-0.2, -0.15) is 0 Å². The number of nitrogens with zero attached hydrogens (tertiary/aromatic N) is 2. The van der Waals surface area contributed by atoms with Crippen molar-refractivity contribution in [2.75, 3.05) is 9.80 Å². The number of carbonyl (C=O) groups is 2. The molecule has 3 aromatic rings. The number of hydrogen-bond donors (Lipinski definition) is 0. The van der Waals surface area contributed by atoms with Gasteiger partial charge in [-0.3, -0.25) is 14.5 Å². The third-order valence-corrected chi connectivity index (χ3v) is 7.29. The van der Waals surface area contributed by atoms with Crippen LogP contribution in [0.5, 0.6) is 0 Å². The minimum Gasteiger partial charge on any atom is -0.303 e. The predicted molar refractivity (Wildman–Crippen MR) is 135 cm³/mol. The number of thioether (sulfide) groups is 1. The highest BCUT2D eigenvalue weighted by molar-refractivity contribution is 8.27. The number of anilines is 2. The second-order valence-electron chi connectivity index (χ2n) is 7.83. The van der Waals surface area contributed by atoms with Crippen molar-refractivity contribution in [2.45, 2.75) is 20.4 Å². The number of rotatable bonds is 3. The summed E-state index contributed by atoms with van der Waals surface area (Å²) in [6, 6.07) is 23.3. The minimum atomic E-state index is -0.242. The average Bonchev–Trinajstić information content (AvgIpc) is 3.23. The number of para-hydroxylation sites is 1. The number of hydrogen-bond acceptors (Lipinski definition) is 4. The van der Waals surface area contributed by atoms with Gasteiger partial charge in [-0.25, -0.2) is 0 Å². The van der Waals surface area contributed by atoms with Crippen LogP contribution in [0.25, 0.3) is 5.57 Å². The lowest BCUT2D eigenvalue weighted by molar-refractivity contribution is -0.115. The molecule has 0 atom stereocenters. The molecule has 1 fully saturated rings. The Labute approximate surface area is 196 Å². The summed E-state index contributed by atoms with van der Waals surface area (Å²) in [5.74, 6) is -0.412. The third-order valence-electron chi connectivity index (χ3n) is 5.92. The topological polar surface area (TPSA) is 40.6 Å². The summed E-state index contributed by atoms with van der Waals surface area (Å²) in [6.07, 6.45) is 0. The van der Waals surface area contributed by atoms with E-state index >= 15 is 0 Å². The lowest BCUT2D eigenvalue weighted by atomic mass is 10.1. The second kappa shape index (κ2) is 8.04. The van der Waals surface area contributed by atoms with Crippen molar-refractivity contribution in [3.05, 3.63) is 100.0 Å². The fourth-order valence-corrected chi connectivity index (χ4v) is 5.48. The molecule has 2 aliphatic heterocycles. The molecular weight excluding hydrogens is 436 g/mol. The molecule has 0 spiro atoms. The van der Waals surface area contributed by atoms with Crippen molar-refractivity contribution in [3.8, 4) is 0 Å². The first-order valence-corrected chi connectivity index (χ1v) is 11.5. The van der Waals surface area contributed by atoms with E-state index in [1.165, 1.54) is 11.8 Å². The van der Waals surface area contributed by atoms with Crippen molar-refractivity contribution in [1.29, 1.82) is 0 Å². The van der Waals surface area contributed by atoms with Crippen LogP contribution in [0.3, 0.4) is 0 Å². The zero-order valence-electron chi connectivity index (χ0n) is 17.7. The Morgan fingerprint density at radius 2 is 1.50 bits per heavy atom. The quantitative estimate of drug-likeness (QED) is 0.379. The largest absolute Gasteiger partial charge is 0.303 e. The van der Waals surface area contributed by atoms with Crippen molar-refractivity contribution in [2.24, 2.45) is 0 Å². The number of thiocarbonyl (C=S) groups is 1. The normalized spacial score (nSPS) is 18.0. The second-order valence-corrected chi connectivity index (χ2v) is 9.47. The lowest BCUT2D eigenvalue weighted by Gasteiger charge is -2.18. The first-order valence-electron chi connectivity index (χ1n) is 10.3. The van der Waals surface area contributed by atoms with Gasteiger partial charge in [-0.15, -0.1) is 0 Å². The third kappa shape index (κ3) is 3.27. The maximum atomic E-state index is 13.6. The molecule has 3 aromatic carbocycles. The number of aryl methyl sites for hydroxylation is 1. The minimum absolute atomic E-state index is 0.170. The molecule has 6 heteroatoms. The smallest absolute Gasteiger partial charge is 0.271 e. The van der Waals surface area contributed by atoms with Gasteiger partial charge in [0.25, 0.3) is 11.8 Å². The van der Waals surface area contributed by atoms with Crippen molar-refractivity contribution in [1.82, 2.24) is 0 Å². The SMILES string of the molecule is Cc1cccc(N2C(=O)C(=C3C(=O)N(Cc4ccccc4)c4ccccc43)SC2=S)c1C. The van der Waals surface area contributed by atoms with Crippen molar-refractivity contribution >= 4 is 57.1 Å². The van der Waals surface area contributed by atoms with Crippen LogP contribution in [0.2, 0.25) is 0 Å². The van der Waals surface area contributed by atoms with E-state index in [4.69, 9.17) is 12.2 Å². The maximum Gasteiger partial charge on any atom is 0.271 e. The van der Waals surface area contributed by atoms with Crippen molar-refractivity contribution < 1.29 is 9.59 Å². The molecule has 5 rings (SSSR count). The van der Waals surface area contributed by atoms with Crippen LogP contribution in [0.15, 0.2) is 77.7 Å². The van der Waals surface area contributed by atoms with Gasteiger partial charge < -0.3 is 4.90 Å². The summed E-state index contributed by atoms with van der Waals surface area (Å²) >= 11 is 6.80. The van der Waals surface area contributed by atoms with Gasteiger partial charge in [0.2, 0.25) is 0 Å². The first kappa shape index (κ1) is 20.7. The molecule has 0 bridgehead atoms. The Kier molecular flexibility index (Phi) is 5.19. The van der Waals surface area contributed by atoms with E-state index in [1.54, 1.807) is 9.80 Å². The standard InChI is InChI=1S/C26H20N2O2S2/c1-16-9-8-14-20(17(16)2)28-25(30)23(32-26(28)31)22-19-12-6-7-13-21(19)27(24(22)29)15-18-10-4-3-5-11-18/h3-14H,15H2,1-2H3. The highest BCUT2D eigenvalue weighted by Gasteiger charge is 2.42. The van der Waals surface area contributed by atoms with Crippen LogP contribution in [-0.2, 0) is 16.1 Å². The summed E-state index contributed by atoms with van der Waals surface area (Å²) in [4.78, 5) is 30.9. The molecule has 1 saturated heterocycles. The van der Waals surface area contributed by atoms with E-state index in [1.807, 2.05) is 86.6 Å². The Bertz CT molecular complexity index is 1310. The molecule has 4 nitrogen and oxygen atoms in total. The Hall–Kier alpha value is -3.22. The van der Waals surface area contributed by atoms with Crippen LogP contribution in [0.1, 0.15) is 22.3 Å². The molecule has 0 N–H and O–H groups in total. The van der Waals surface area contributed by atoms with E-state index in [-0.39, 0.29) is 11.8 Å². The van der Waals surface area contributed by atoms with Gasteiger partial charge in [-0.1, -0.05) is 84.6 Å². The molecule has 0 aliphatic carbocycles. The molecule has 0 aromatic heterocycles. The summed E-state index contributed by atoms with van der Waals surface area (Å²) < 4.78 is 0.443. The number of fused-ring (bicyclic) bond motifs is 1. The van der Waals surface area contributed by atoms with Crippen LogP contribution < -0.4 is 9.80 Å². The summed E-state index contributed by atoms with van der Waals surface area (Å²) in [7, 11) is 0. The summed E-state index contributed by atoms with van der Waals surface area (Å²) in [5, 5.41) is 0. The monoisotopic (exact) mass is 456 g/mol. The molecule has 2 heterocycles. The zero-order valence-corrected chi connectivity index (χ0v) is 19.3. The molecule has 0 saturated carbocycles. The van der Waals surface area contributed by atoms with Gasteiger partial charge in [0, 0.05) is 5.56 Å². The maximum absolute atomic E-state index is 13.6. The van der Waals surface area contributed by atoms with Gasteiger partial charge in [0.15, 0.2) is 4.32 Å². The highest BCUT2D eigenvalue weighted by atomic mass is 32.2. The van der Waals surface area contributed by atoms with Gasteiger partial charge in [0.05, 0.1) is 28.4 Å². The molecule has 0 radical (unpaired) electrons. The van der Waals surface area contributed by atoms with Gasteiger partial charge >= 0.3 is 0 Å². The van der Waals surface area contributed by atoms with E-state index < -0.39 is 0 Å². The number of benzene rings is 3. The van der Waals surface area contributed by atoms with E-state index in [9.17, 15) is 9.59 Å². The number of carbonyl (C=O) groups excluding carboxylic acids is 2. The van der Waals surface area contributed by atoms with E-state index in [0.29, 0.717) is 21.3 Å². The molecule has 32 heavy (non-hydrogen) atoms. The Morgan fingerprint density at radius 3 is 2.28 bits per heavy atom. The van der Waals surface area contributed by atoms with Crippen LogP contribution in [-0.4, -0.2) is 16.1 Å². The van der Waals surface area contributed by atoms with E-state index in [2.05, 4.69) is 0 Å². The molecule has 2 amide bonds. The van der Waals surface area contributed by atoms with Crippen LogP contribution in [0.4, 0.5) is 11.4 Å². The lowest BCUT2D eigenvalue weighted by Crippen LogP contribution is -2.29. The fraction of sp³-hybridized carbons (Fsp3) is 0.115. The molecule has 158 valence electrons. The van der Waals surface area contributed by atoms with Crippen molar-refractivity contribution in [3.63, 3.8) is 0 Å². The Balaban J connectivity index is 1.60. The zero-order chi connectivity index (χ0) is 22.4. The fourth-order valence-electron chi connectivity index (χ4n) is 4.13. The van der Waals surface area contributed by atoms with Gasteiger partial charge in [-0.05, 0) is 42.7 Å². The van der Waals surface area contributed by atoms with E-state index in [0.717, 1.165) is 33.6 Å².